The number of carbonyl (C=O) groups is 1. The smallest absolute Gasteiger partial charge is 0.326 e. The molecule has 5 N–H and O–H groups in total. The minimum absolute atomic E-state index is 0.0825. The number of anilines is 1. The van der Waals surface area contributed by atoms with Crippen molar-refractivity contribution in [3.63, 3.8) is 0 Å². The second-order valence-corrected chi connectivity index (χ2v) is 5.72. The van der Waals surface area contributed by atoms with Crippen LogP contribution in [-0.2, 0) is 0 Å². The Morgan fingerprint density at radius 1 is 1.33 bits per heavy atom. The number of hydrogen-bond acceptors (Lipinski definition) is 5. The number of aromatic nitrogens is 2. The maximum Gasteiger partial charge on any atom is 0.326 e. The quantitative estimate of drug-likeness (QED) is 0.625. The lowest BCUT2D eigenvalue weighted by molar-refractivity contribution is 0.0922. The van der Waals surface area contributed by atoms with Crippen LogP contribution in [0.25, 0.3) is 0 Å². The number of halogens is 2. The first-order chi connectivity index (χ1) is 11.3. The van der Waals surface area contributed by atoms with Crippen LogP contribution < -0.4 is 27.0 Å². The van der Waals surface area contributed by atoms with Gasteiger partial charge in [-0.15, -0.1) is 0 Å². The number of carbonyl (C=O) groups excluding carboxylic acids is 1. The molecule has 0 bridgehead atoms. The summed E-state index contributed by atoms with van der Waals surface area (Å²) in [7, 11) is 0. The fourth-order valence-electron chi connectivity index (χ4n) is 1.82. The van der Waals surface area contributed by atoms with E-state index in [-0.39, 0.29) is 23.0 Å². The van der Waals surface area contributed by atoms with Gasteiger partial charge in [-0.2, -0.15) is 0 Å². The predicted octanol–water partition coefficient (Wildman–Crippen LogP) is 1.15. The number of nitrogens with one attached hydrogen (secondary N) is 3. The molecule has 0 aliphatic carbocycles. The van der Waals surface area contributed by atoms with Gasteiger partial charge in [0.15, 0.2) is 0 Å². The van der Waals surface area contributed by atoms with Crippen molar-refractivity contribution in [2.75, 3.05) is 12.3 Å². The first-order valence-electron chi connectivity index (χ1n) is 6.79. The molecule has 0 saturated heterocycles. The van der Waals surface area contributed by atoms with E-state index in [4.69, 9.17) is 33.7 Å². The molecule has 0 fully saturated rings. The Bertz CT molecular complexity index is 878. The van der Waals surface area contributed by atoms with Crippen LogP contribution in [0.4, 0.5) is 5.69 Å². The molecule has 10 heteroatoms. The highest BCUT2D eigenvalue weighted by atomic mass is 35.5. The number of nitrogens with two attached hydrogens (primary N) is 1. The second kappa shape index (κ2) is 7.41. The Morgan fingerprint density at radius 2 is 2.04 bits per heavy atom. The number of amides is 1. The van der Waals surface area contributed by atoms with Crippen LogP contribution in [0, 0.1) is 0 Å². The van der Waals surface area contributed by atoms with Gasteiger partial charge in [-0.05, 0) is 19.1 Å². The third kappa shape index (κ3) is 4.09. The van der Waals surface area contributed by atoms with Crippen LogP contribution in [0.15, 0.2) is 27.8 Å². The average Bonchev–Trinajstić information content (AvgIpc) is 2.52. The highest BCUT2D eigenvalue weighted by Crippen LogP contribution is 2.31. The molecule has 1 heterocycles. The van der Waals surface area contributed by atoms with Gasteiger partial charge in [-0.1, -0.05) is 29.3 Å². The summed E-state index contributed by atoms with van der Waals surface area (Å²) in [5, 5.41) is 3.16. The zero-order valence-corrected chi connectivity index (χ0v) is 14.0. The van der Waals surface area contributed by atoms with Crippen molar-refractivity contribution >= 4 is 34.8 Å². The molecule has 0 aliphatic rings. The minimum Gasteiger partial charge on any atom is -0.490 e. The Kier molecular flexibility index (Phi) is 5.53. The number of nitrogen functional groups attached to an aromatic ring is 1. The van der Waals surface area contributed by atoms with E-state index in [1.807, 2.05) is 4.98 Å². The SMILES string of the molecule is CC(COc1cccc(Cl)c1Cl)NC(=O)c1[nH]c(=O)[nH]c(=O)c1N. The number of ether oxygens (including phenoxy) is 1. The standard InChI is InChI=1S/C14H14Cl2N4O4/c1-6(5-24-8-4-2-3-7(15)9(8)16)18-13(22)11-10(17)12(21)20-14(23)19-11/h2-4,6H,5,17H2,1H3,(H,18,22)(H2,19,20,21,23). The Morgan fingerprint density at radius 3 is 2.75 bits per heavy atom. The van der Waals surface area contributed by atoms with Gasteiger partial charge in [0.25, 0.3) is 11.5 Å². The molecule has 0 saturated carbocycles. The summed E-state index contributed by atoms with van der Waals surface area (Å²) < 4.78 is 5.49. The van der Waals surface area contributed by atoms with Crippen LogP contribution in [0.5, 0.6) is 5.75 Å². The van der Waals surface area contributed by atoms with Crippen molar-refractivity contribution < 1.29 is 9.53 Å². The van der Waals surface area contributed by atoms with Crippen molar-refractivity contribution in [2.45, 2.75) is 13.0 Å². The van der Waals surface area contributed by atoms with E-state index in [1.165, 1.54) is 0 Å². The number of H-pyrrole nitrogens is 2. The van der Waals surface area contributed by atoms with E-state index in [0.29, 0.717) is 10.8 Å². The highest BCUT2D eigenvalue weighted by Gasteiger charge is 2.17. The molecule has 24 heavy (non-hydrogen) atoms. The van der Waals surface area contributed by atoms with Gasteiger partial charge in [0.05, 0.1) is 11.1 Å². The molecule has 2 rings (SSSR count). The van der Waals surface area contributed by atoms with Crippen molar-refractivity contribution in [3.05, 3.63) is 54.8 Å². The summed E-state index contributed by atoms with van der Waals surface area (Å²) in [5.41, 5.74) is 3.15. The molecule has 1 amide bonds. The number of rotatable bonds is 5. The summed E-state index contributed by atoms with van der Waals surface area (Å²) in [5.74, 6) is -0.335. The Labute approximate surface area is 145 Å². The number of hydrogen-bond donors (Lipinski definition) is 4. The van der Waals surface area contributed by atoms with E-state index < -0.39 is 23.2 Å². The number of benzene rings is 1. The molecular weight excluding hydrogens is 359 g/mol. The van der Waals surface area contributed by atoms with Crippen LogP contribution >= 0.6 is 23.2 Å². The van der Waals surface area contributed by atoms with Gasteiger partial charge >= 0.3 is 5.69 Å². The maximum absolute atomic E-state index is 12.1. The molecule has 8 nitrogen and oxygen atoms in total. The molecule has 128 valence electrons. The fraction of sp³-hybridized carbons (Fsp3) is 0.214. The van der Waals surface area contributed by atoms with Crippen molar-refractivity contribution in [1.29, 1.82) is 0 Å². The van der Waals surface area contributed by atoms with Crippen LogP contribution in [0.3, 0.4) is 0 Å². The third-order valence-corrected chi connectivity index (χ3v) is 3.79. The Hall–Kier alpha value is -2.45. The summed E-state index contributed by atoms with van der Waals surface area (Å²) in [6.45, 7) is 1.75. The van der Waals surface area contributed by atoms with Gasteiger partial charge < -0.3 is 20.8 Å². The fourth-order valence-corrected chi connectivity index (χ4v) is 2.17. The normalized spacial score (nSPS) is 11.8. The molecule has 0 spiro atoms. The van der Waals surface area contributed by atoms with E-state index in [9.17, 15) is 14.4 Å². The van der Waals surface area contributed by atoms with Gasteiger partial charge in [-0.3, -0.25) is 14.6 Å². The van der Waals surface area contributed by atoms with E-state index in [2.05, 4.69) is 10.3 Å². The van der Waals surface area contributed by atoms with E-state index in [0.717, 1.165) is 0 Å². The second-order valence-electron chi connectivity index (χ2n) is 4.93. The van der Waals surface area contributed by atoms with E-state index in [1.54, 1.807) is 25.1 Å². The van der Waals surface area contributed by atoms with Gasteiger partial charge in [0.2, 0.25) is 0 Å². The molecule has 1 aromatic heterocycles. The highest BCUT2D eigenvalue weighted by molar-refractivity contribution is 6.42. The lowest BCUT2D eigenvalue weighted by Gasteiger charge is -2.16. The molecule has 2 aromatic rings. The molecule has 1 aromatic carbocycles. The molecule has 0 aliphatic heterocycles. The largest absolute Gasteiger partial charge is 0.490 e. The summed E-state index contributed by atoms with van der Waals surface area (Å²) in [4.78, 5) is 38.8. The van der Waals surface area contributed by atoms with Crippen molar-refractivity contribution in [3.8, 4) is 5.75 Å². The Balaban J connectivity index is 2.03. The average molecular weight is 373 g/mol. The van der Waals surface area contributed by atoms with Gasteiger partial charge in [0, 0.05) is 0 Å². The van der Waals surface area contributed by atoms with E-state index >= 15 is 0 Å². The van der Waals surface area contributed by atoms with Crippen LogP contribution in [0.1, 0.15) is 17.4 Å². The lowest BCUT2D eigenvalue weighted by Crippen LogP contribution is -2.40. The maximum atomic E-state index is 12.1. The lowest BCUT2D eigenvalue weighted by atomic mass is 10.3. The van der Waals surface area contributed by atoms with Crippen molar-refractivity contribution in [2.24, 2.45) is 0 Å². The molecular formula is C14H14Cl2N4O4. The zero-order chi connectivity index (χ0) is 17.9. The van der Waals surface area contributed by atoms with Crippen LogP contribution in [0.2, 0.25) is 10.0 Å². The van der Waals surface area contributed by atoms with Gasteiger partial charge in [0.1, 0.15) is 28.8 Å². The third-order valence-electron chi connectivity index (χ3n) is 2.99. The molecule has 1 atom stereocenters. The first-order valence-corrected chi connectivity index (χ1v) is 7.55. The summed E-state index contributed by atoms with van der Waals surface area (Å²) in [6, 6.07) is 4.46. The topological polar surface area (TPSA) is 130 Å². The molecule has 0 radical (unpaired) electrons. The predicted molar refractivity (Wildman–Crippen MR) is 91.0 cm³/mol. The van der Waals surface area contributed by atoms with Gasteiger partial charge in [-0.25, -0.2) is 4.79 Å². The zero-order valence-electron chi connectivity index (χ0n) is 12.5. The van der Waals surface area contributed by atoms with Crippen molar-refractivity contribution in [1.82, 2.24) is 15.3 Å². The first kappa shape index (κ1) is 17.9. The summed E-state index contributed by atoms with van der Waals surface area (Å²) >= 11 is 11.9. The minimum atomic E-state index is -0.835. The number of aromatic amines is 2. The molecule has 1 unspecified atom stereocenters. The van der Waals surface area contributed by atoms with Crippen LogP contribution in [-0.4, -0.2) is 28.5 Å². The summed E-state index contributed by atoms with van der Waals surface area (Å²) in [6.07, 6.45) is 0. The monoisotopic (exact) mass is 372 g/mol.